The SMILES string of the molecule is COc1ccc(CCCNC(=O)[C@H]2CCC(=O)NC(=O)N2)cc1. The van der Waals surface area contributed by atoms with Crippen molar-refractivity contribution in [3.8, 4) is 5.75 Å². The highest BCUT2D eigenvalue weighted by Crippen LogP contribution is 2.12. The summed E-state index contributed by atoms with van der Waals surface area (Å²) in [5, 5.41) is 7.42. The predicted octanol–water partition coefficient (Wildman–Crippen LogP) is 0.732. The number of methoxy groups -OCH3 is 1. The Morgan fingerprint density at radius 1 is 1.30 bits per heavy atom. The van der Waals surface area contributed by atoms with E-state index in [2.05, 4.69) is 16.0 Å². The van der Waals surface area contributed by atoms with Crippen LogP contribution in [0.4, 0.5) is 4.79 Å². The molecule has 0 radical (unpaired) electrons. The fourth-order valence-corrected chi connectivity index (χ4v) is 2.35. The van der Waals surface area contributed by atoms with E-state index >= 15 is 0 Å². The molecule has 0 unspecified atom stereocenters. The monoisotopic (exact) mass is 319 g/mol. The molecule has 23 heavy (non-hydrogen) atoms. The number of aryl methyl sites for hydroxylation is 1. The van der Waals surface area contributed by atoms with Crippen molar-refractivity contribution >= 4 is 17.8 Å². The van der Waals surface area contributed by atoms with Crippen molar-refractivity contribution in [3.63, 3.8) is 0 Å². The van der Waals surface area contributed by atoms with E-state index in [1.54, 1.807) is 7.11 Å². The fourth-order valence-electron chi connectivity index (χ4n) is 2.35. The average molecular weight is 319 g/mol. The number of ether oxygens (including phenoxy) is 1. The van der Waals surface area contributed by atoms with E-state index in [0.29, 0.717) is 13.0 Å². The molecule has 1 aliphatic rings. The van der Waals surface area contributed by atoms with E-state index in [1.165, 1.54) is 0 Å². The number of nitrogens with one attached hydrogen (secondary N) is 3. The molecule has 0 aromatic heterocycles. The van der Waals surface area contributed by atoms with Crippen LogP contribution in [-0.2, 0) is 16.0 Å². The van der Waals surface area contributed by atoms with Gasteiger partial charge in [-0.15, -0.1) is 0 Å². The van der Waals surface area contributed by atoms with Crippen LogP contribution in [0.5, 0.6) is 5.75 Å². The Morgan fingerprint density at radius 3 is 2.74 bits per heavy atom. The van der Waals surface area contributed by atoms with Crippen LogP contribution in [0.25, 0.3) is 0 Å². The van der Waals surface area contributed by atoms with Gasteiger partial charge in [-0.25, -0.2) is 4.79 Å². The standard InChI is InChI=1S/C16H21N3O4/c1-23-12-6-4-11(5-7-12)3-2-10-17-15(21)13-8-9-14(20)19-16(22)18-13/h4-7,13H,2-3,8-10H2,1H3,(H,17,21)(H2,18,19,20,22)/t13-/m1/s1. The Hall–Kier alpha value is -2.57. The van der Waals surface area contributed by atoms with Crippen LogP contribution in [0.3, 0.4) is 0 Å². The zero-order valence-electron chi connectivity index (χ0n) is 13.1. The number of rotatable bonds is 6. The molecule has 0 spiro atoms. The Kier molecular flexibility index (Phi) is 5.96. The zero-order chi connectivity index (χ0) is 16.7. The van der Waals surface area contributed by atoms with Crippen molar-refractivity contribution in [2.24, 2.45) is 0 Å². The fraction of sp³-hybridized carbons (Fsp3) is 0.438. The van der Waals surface area contributed by atoms with Gasteiger partial charge < -0.3 is 15.4 Å². The van der Waals surface area contributed by atoms with Gasteiger partial charge >= 0.3 is 6.03 Å². The van der Waals surface area contributed by atoms with Crippen LogP contribution in [0.2, 0.25) is 0 Å². The third kappa shape index (κ3) is 5.28. The summed E-state index contributed by atoms with van der Waals surface area (Å²) >= 11 is 0. The first-order chi connectivity index (χ1) is 11.1. The van der Waals surface area contributed by atoms with Crippen molar-refractivity contribution in [1.29, 1.82) is 0 Å². The topological polar surface area (TPSA) is 96.5 Å². The first-order valence-electron chi connectivity index (χ1n) is 7.59. The van der Waals surface area contributed by atoms with Gasteiger partial charge in [0, 0.05) is 13.0 Å². The third-order valence-corrected chi connectivity index (χ3v) is 3.64. The third-order valence-electron chi connectivity index (χ3n) is 3.64. The zero-order valence-corrected chi connectivity index (χ0v) is 13.1. The van der Waals surface area contributed by atoms with Gasteiger partial charge in [0.15, 0.2) is 0 Å². The lowest BCUT2D eigenvalue weighted by Gasteiger charge is -2.14. The van der Waals surface area contributed by atoms with E-state index in [1.807, 2.05) is 24.3 Å². The van der Waals surface area contributed by atoms with Crippen LogP contribution in [0.1, 0.15) is 24.8 Å². The molecule has 0 saturated carbocycles. The summed E-state index contributed by atoms with van der Waals surface area (Å²) in [7, 11) is 1.62. The second-order valence-electron chi connectivity index (χ2n) is 5.36. The summed E-state index contributed by atoms with van der Waals surface area (Å²) in [5.41, 5.74) is 1.16. The molecule has 3 N–H and O–H groups in total. The number of urea groups is 1. The number of imide groups is 1. The lowest BCUT2D eigenvalue weighted by Crippen LogP contribution is -2.48. The van der Waals surface area contributed by atoms with Crippen LogP contribution >= 0.6 is 0 Å². The second-order valence-corrected chi connectivity index (χ2v) is 5.36. The largest absolute Gasteiger partial charge is 0.497 e. The normalized spacial score (nSPS) is 17.7. The van der Waals surface area contributed by atoms with E-state index in [4.69, 9.17) is 4.74 Å². The predicted molar refractivity (Wildman–Crippen MR) is 84.0 cm³/mol. The Labute approximate surface area is 134 Å². The molecule has 1 heterocycles. The highest BCUT2D eigenvalue weighted by atomic mass is 16.5. The van der Waals surface area contributed by atoms with Gasteiger partial charge in [0.1, 0.15) is 11.8 Å². The molecule has 1 fully saturated rings. The van der Waals surface area contributed by atoms with Gasteiger partial charge in [-0.3, -0.25) is 14.9 Å². The maximum absolute atomic E-state index is 12.0. The van der Waals surface area contributed by atoms with Crippen molar-refractivity contribution < 1.29 is 19.1 Å². The molecule has 0 bridgehead atoms. The van der Waals surface area contributed by atoms with E-state index < -0.39 is 12.1 Å². The highest BCUT2D eigenvalue weighted by Gasteiger charge is 2.25. The van der Waals surface area contributed by atoms with Crippen molar-refractivity contribution in [1.82, 2.24) is 16.0 Å². The molecule has 7 nitrogen and oxygen atoms in total. The first-order valence-corrected chi connectivity index (χ1v) is 7.59. The second kappa shape index (κ2) is 8.17. The maximum Gasteiger partial charge on any atom is 0.322 e. The number of benzene rings is 1. The minimum absolute atomic E-state index is 0.155. The lowest BCUT2D eigenvalue weighted by molar-refractivity contribution is -0.123. The van der Waals surface area contributed by atoms with E-state index in [0.717, 1.165) is 24.2 Å². The first kappa shape index (κ1) is 16.8. The molecule has 1 atom stereocenters. The van der Waals surface area contributed by atoms with Gasteiger partial charge in [0.2, 0.25) is 11.8 Å². The molecule has 7 heteroatoms. The Balaban J connectivity index is 1.71. The van der Waals surface area contributed by atoms with Crippen molar-refractivity contribution in [2.45, 2.75) is 31.7 Å². The summed E-state index contributed by atoms with van der Waals surface area (Å²) in [6.07, 6.45) is 2.09. The molecular weight excluding hydrogens is 298 g/mol. The minimum Gasteiger partial charge on any atom is -0.497 e. The van der Waals surface area contributed by atoms with Crippen molar-refractivity contribution in [3.05, 3.63) is 29.8 Å². The molecule has 1 aromatic carbocycles. The van der Waals surface area contributed by atoms with Gasteiger partial charge in [0.05, 0.1) is 7.11 Å². The molecule has 1 saturated heterocycles. The van der Waals surface area contributed by atoms with Crippen LogP contribution < -0.4 is 20.7 Å². The Bertz CT molecular complexity index is 571. The van der Waals surface area contributed by atoms with Gasteiger partial charge in [-0.05, 0) is 37.0 Å². The van der Waals surface area contributed by atoms with Crippen LogP contribution in [-0.4, -0.2) is 37.5 Å². The van der Waals surface area contributed by atoms with Crippen molar-refractivity contribution in [2.75, 3.05) is 13.7 Å². The number of hydrogen-bond donors (Lipinski definition) is 3. The molecule has 2 rings (SSSR count). The average Bonchev–Trinajstić information content (AvgIpc) is 2.72. The van der Waals surface area contributed by atoms with Gasteiger partial charge in [-0.1, -0.05) is 12.1 Å². The quantitative estimate of drug-likeness (QED) is 0.674. The summed E-state index contributed by atoms with van der Waals surface area (Å²) in [4.78, 5) is 34.6. The number of amides is 4. The molecule has 0 aliphatic carbocycles. The van der Waals surface area contributed by atoms with E-state index in [9.17, 15) is 14.4 Å². The number of hydrogen-bond acceptors (Lipinski definition) is 4. The number of carbonyl (C=O) groups is 3. The van der Waals surface area contributed by atoms with Crippen LogP contribution in [0, 0.1) is 0 Å². The molecule has 124 valence electrons. The molecule has 4 amide bonds. The summed E-state index contributed by atoms with van der Waals surface area (Å²) < 4.78 is 5.10. The van der Waals surface area contributed by atoms with Crippen LogP contribution in [0.15, 0.2) is 24.3 Å². The summed E-state index contributed by atoms with van der Waals surface area (Å²) in [6.45, 7) is 0.513. The summed E-state index contributed by atoms with van der Waals surface area (Å²) in [5.74, 6) is 0.191. The summed E-state index contributed by atoms with van der Waals surface area (Å²) in [6, 6.07) is 6.50. The minimum atomic E-state index is -0.664. The lowest BCUT2D eigenvalue weighted by atomic mass is 10.1. The maximum atomic E-state index is 12.0. The Morgan fingerprint density at radius 2 is 2.04 bits per heavy atom. The molecule has 1 aliphatic heterocycles. The van der Waals surface area contributed by atoms with E-state index in [-0.39, 0.29) is 18.2 Å². The van der Waals surface area contributed by atoms with Gasteiger partial charge in [-0.2, -0.15) is 0 Å². The molecular formula is C16H21N3O4. The number of carbonyl (C=O) groups excluding carboxylic acids is 3. The highest BCUT2D eigenvalue weighted by molar-refractivity contribution is 5.98. The molecule has 1 aromatic rings. The van der Waals surface area contributed by atoms with Gasteiger partial charge in [0.25, 0.3) is 0 Å². The smallest absolute Gasteiger partial charge is 0.322 e.